The number of carbonyl (C=O) groups is 1. The molecule has 0 saturated heterocycles. The first-order valence-corrected chi connectivity index (χ1v) is 11.5. The van der Waals surface area contributed by atoms with Gasteiger partial charge in [0, 0.05) is 22.7 Å². The van der Waals surface area contributed by atoms with Gasteiger partial charge in [0.2, 0.25) is 0 Å². The molecule has 0 radical (unpaired) electrons. The van der Waals surface area contributed by atoms with Gasteiger partial charge in [0.25, 0.3) is 11.5 Å². The summed E-state index contributed by atoms with van der Waals surface area (Å²) in [5.74, 6) is 1.58. The van der Waals surface area contributed by atoms with Crippen molar-refractivity contribution in [1.82, 2.24) is 20.5 Å². The minimum absolute atomic E-state index is 0.121. The summed E-state index contributed by atoms with van der Waals surface area (Å²) in [5.41, 5.74) is 2.34. The highest BCUT2D eigenvalue weighted by molar-refractivity contribution is 6.01. The number of hydrogen-bond acceptors (Lipinski definition) is 5. The van der Waals surface area contributed by atoms with Crippen molar-refractivity contribution in [1.29, 1.82) is 0 Å². The Morgan fingerprint density at radius 1 is 1.00 bits per heavy atom. The molecule has 0 atom stereocenters. The maximum absolute atomic E-state index is 12.9. The van der Waals surface area contributed by atoms with Crippen LogP contribution >= 0.6 is 0 Å². The van der Waals surface area contributed by atoms with Crippen molar-refractivity contribution >= 4 is 27.6 Å². The van der Waals surface area contributed by atoms with Crippen LogP contribution in [0.1, 0.15) is 47.8 Å². The Bertz CT molecular complexity index is 1430. The summed E-state index contributed by atoms with van der Waals surface area (Å²) in [7, 11) is 3.21. The van der Waals surface area contributed by atoms with Crippen LogP contribution in [0.25, 0.3) is 21.7 Å². The quantitative estimate of drug-likeness (QED) is 0.421. The highest BCUT2D eigenvalue weighted by atomic mass is 16.5. The normalized spacial score (nSPS) is 23.5. The first-order chi connectivity index (χ1) is 16.5. The molecule has 174 valence electrons. The van der Waals surface area contributed by atoms with Crippen LogP contribution in [0.3, 0.4) is 0 Å². The maximum atomic E-state index is 12.9. The summed E-state index contributed by atoms with van der Waals surface area (Å²) in [5, 5.41) is 12.7. The number of aromatic amines is 2. The Morgan fingerprint density at radius 2 is 1.71 bits per heavy atom. The molecule has 2 aliphatic rings. The maximum Gasteiger partial charge on any atom is 0.272 e. The number of ether oxygens (including phenoxy) is 2. The van der Waals surface area contributed by atoms with Gasteiger partial charge in [0.05, 0.1) is 30.8 Å². The Hall–Kier alpha value is -3.81. The fraction of sp³-hybridized carbons (Fsp3) is 0.346. The second kappa shape index (κ2) is 7.62. The smallest absolute Gasteiger partial charge is 0.272 e. The molecule has 4 aromatic rings. The van der Waals surface area contributed by atoms with Gasteiger partial charge in [0.15, 0.2) is 0 Å². The molecule has 0 aliphatic heterocycles. The first-order valence-electron chi connectivity index (χ1n) is 11.5. The average Bonchev–Trinajstić information content (AvgIpc) is 3.26. The van der Waals surface area contributed by atoms with Gasteiger partial charge in [0.1, 0.15) is 17.2 Å². The average molecular weight is 459 g/mol. The first kappa shape index (κ1) is 20.8. The molecule has 0 bridgehead atoms. The van der Waals surface area contributed by atoms with Crippen LogP contribution < -0.4 is 20.3 Å². The molecule has 6 rings (SSSR count). The third-order valence-corrected chi connectivity index (χ3v) is 7.57. The molecule has 34 heavy (non-hydrogen) atoms. The van der Waals surface area contributed by atoms with E-state index in [-0.39, 0.29) is 22.9 Å². The number of methoxy groups -OCH3 is 2. The van der Waals surface area contributed by atoms with Crippen molar-refractivity contribution < 1.29 is 14.3 Å². The van der Waals surface area contributed by atoms with Crippen molar-refractivity contribution in [3.8, 4) is 11.5 Å². The van der Waals surface area contributed by atoms with E-state index in [1.54, 1.807) is 14.2 Å². The van der Waals surface area contributed by atoms with Gasteiger partial charge in [-0.1, -0.05) is 18.2 Å². The van der Waals surface area contributed by atoms with Gasteiger partial charge in [-0.25, -0.2) is 5.10 Å². The number of H-pyrrole nitrogens is 2. The predicted octanol–water partition coefficient (Wildman–Crippen LogP) is 3.88. The van der Waals surface area contributed by atoms with Crippen LogP contribution in [0.4, 0.5) is 0 Å². The molecule has 8 heteroatoms. The van der Waals surface area contributed by atoms with Gasteiger partial charge in [-0.2, -0.15) is 5.10 Å². The lowest BCUT2D eigenvalue weighted by atomic mass is 9.49. The van der Waals surface area contributed by atoms with Crippen molar-refractivity contribution in [3.05, 3.63) is 64.2 Å². The van der Waals surface area contributed by atoms with E-state index in [9.17, 15) is 9.59 Å². The van der Waals surface area contributed by atoms with Crippen LogP contribution in [0.5, 0.6) is 11.5 Å². The number of amides is 1. The minimum atomic E-state index is -0.146. The van der Waals surface area contributed by atoms with Gasteiger partial charge in [-0.3, -0.25) is 9.59 Å². The summed E-state index contributed by atoms with van der Waals surface area (Å²) in [6.45, 7) is 0. The number of nitrogens with one attached hydrogen (secondary N) is 3. The van der Waals surface area contributed by atoms with Crippen molar-refractivity contribution in [2.45, 2.75) is 37.6 Å². The van der Waals surface area contributed by atoms with E-state index in [2.05, 4.69) is 20.5 Å². The molecular formula is C26H26N4O4. The van der Waals surface area contributed by atoms with Crippen molar-refractivity contribution in [2.75, 3.05) is 14.2 Å². The zero-order valence-electron chi connectivity index (χ0n) is 19.1. The van der Waals surface area contributed by atoms with E-state index in [1.165, 1.54) is 0 Å². The predicted molar refractivity (Wildman–Crippen MR) is 129 cm³/mol. The van der Waals surface area contributed by atoms with E-state index in [0.717, 1.165) is 47.7 Å². The molecule has 3 N–H and O–H groups in total. The third-order valence-electron chi connectivity index (χ3n) is 7.57. The summed E-state index contributed by atoms with van der Waals surface area (Å²) in [6, 6.07) is 13.3. The lowest BCUT2D eigenvalue weighted by Crippen LogP contribution is -2.55. The number of fused-ring (bicyclic) bond motifs is 2. The largest absolute Gasteiger partial charge is 0.496 e. The zero-order valence-corrected chi connectivity index (χ0v) is 19.1. The molecule has 1 spiro atoms. The molecule has 1 amide bonds. The molecule has 2 heterocycles. The molecule has 8 nitrogen and oxygen atoms in total. The van der Waals surface area contributed by atoms with Gasteiger partial charge < -0.3 is 19.8 Å². The fourth-order valence-corrected chi connectivity index (χ4v) is 5.95. The molecule has 2 aromatic heterocycles. The Kier molecular flexibility index (Phi) is 4.65. The minimum Gasteiger partial charge on any atom is -0.496 e. The number of nitrogens with zero attached hydrogens (tertiary/aromatic N) is 1. The molecule has 2 aliphatic carbocycles. The van der Waals surface area contributed by atoms with E-state index in [1.807, 2.05) is 42.5 Å². The summed E-state index contributed by atoms with van der Waals surface area (Å²) in [6.07, 6.45) is 3.99. The van der Waals surface area contributed by atoms with E-state index >= 15 is 0 Å². The van der Waals surface area contributed by atoms with E-state index < -0.39 is 0 Å². The number of rotatable bonds is 5. The topological polar surface area (TPSA) is 109 Å². The number of carbonyl (C=O) groups excluding carboxylic acids is 1. The number of aromatic nitrogens is 3. The Balaban J connectivity index is 1.12. The Morgan fingerprint density at radius 3 is 2.44 bits per heavy atom. The molecular weight excluding hydrogens is 432 g/mol. The van der Waals surface area contributed by atoms with Crippen molar-refractivity contribution in [2.24, 2.45) is 5.41 Å². The second-order valence-corrected chi connectivity index (χ2v) is 9.61. The molecule has 2 fully saturated rings. The van der Waals surface area contributed by atoms with Crippen LogP contribution in [0.15, 0.2) is 47.3 Å². The van der Waals surface area contributed by atoms with Crippen LogP contribution in [-0.2, 0) is 0 Å². The van der Waals surface area contributed by atoms with Crippen LogP contribution in [0.2, 0.25) is 0 Å². The SMILES string of the molecule is COc1ccc(OC)c2[nH]c(C(=O)NC3CC4(C3)CC(c3n[nH]c(=O)c5ccccc35)C4)cc12. The fourth-order valence-electron chi connectivity index (χ4n) is 5.95. The lowest BCUT2D eigenvalue weighted by Gasteiger charge is -2.57. The second-order valence-electron chi connectivity index (χ2n) is 9.61. The van der Waals surface area contributed by atoms with Crippen LogP contribution in [0, 0.1) is 5.41 Å². The van der Waals surface area contributed by atoms with Crippen molar-refractivity contribution in [3.63, 3.8) is 0 Å². The highest BCUT2D eigenvalue weighted by Gasteiger charge is 2.54. The Labute approximate surface area is 195 Å². The van der Waals surface area contributed by atoms with Gasteiger partial charge >= 0.3 is 0 Å². The number of benzene rings is 2. The highest BCUT2D eigenvalue weighted by Crippen LogP contribution is 2.62. The van der Waals surface area contributed by atoms with Gasteiger partial charge in [-0.05, 0) is 55.4 Å². The lowest BCUT2D eigenvalue weighted by molar-refractivity contribution is -0.0197. The molecule has 2 aromatic carbocycles. The molecule has 0 unspecified atom stereocenters. The zero-order chi connectivity index (χ0) is 23.4. The van der Waals surface area contributed by atoms with E-state index in [0.29, 0.717) is 28.5 Å². The monoisotopic (exact) mass is 458 g/mol. The number of hydrogen-bond donors (Lipinski definition) is 3. The third kappa shape index (κ3) is 3.16. The van der Waals surface area contributed by atoms with Gasteiger partial charge in [-0.15, -0.1) is 0 Å². The summed E-state index contributed by atoms with van der Waals surface area (Å²) in [4.78, 5) is 28.2. The molecule has 2 saturated carbocycles. The van der Waals surface area contributed by atoms with E-state index in [4.69, 9.17) is 9.47 Å². The standard InChI is InChI=1S/C26H26N4O4/c1-33-20-7-8-21(34-2)23-18(20)9-19(28-23)25(32)27-15-12-26(13-15)10-14(11-26)22-16-5-3-4-6-17(16)24(31)30-29-22/h3-9,14-15,28H,10-13H2,1-2H3,(H,27,32)(H,30,31). The van der Waals surface area contributed by atoms with Crippen LogP contribution in [-0.4, -0.2) is 41.3 Å². The summed E-state index contributed by atoms with van der Waals surface area (Å²) < 4.78 is 10.9. The summed E-state index contributed by atoms with van der Waals surface area (Å²) >= 11 is 0.